The fourth-order valence-corrected chi connectivity index (χ4v) is 2.69. The summed E-state index contributed by atoms with van der Waals surface area (Å²) in [7, 11) is 0. The molecule has 1 aromatic rings. The van der Waals surface area contributed by atoms with Gasteiger partial charge in [-0.3, -0.25) is 4.79 Å². The number of carbonyl (C=O) groups excluding carboxylic acids is 1. The number of aromatic nitrogens is 2. The van der Waals surface area contributed by atoms with Crippen LogP contribution in [0.5, 0.6) is 0 Å². The standard InChI is InChI=1S/C15H25N3O2/c1-10(2)15-17-14(20-18-15)8-7-13(19)16-12-6-4-5-11(3)9-12/h10-12H,4-9H2,1-3H3,(H,16,19). The molecule has 1 heterocycles. The molecular formula is C15H25N3O2. The van der Waals surface area contributed by atoms with Crippen molar-refractivity contribution < 1.29 is 9.32 Å². The van der Waals surface area contributed by atoms with Gasteiger partial charge in [0.25, 0.3) is 0 Å². The molecule has 0 saturated heterocycles. The minimum absolute atomic E-state index is 0.0911. The number of carbonyl (C=O) groups is 1. The number of hydrogen-bond donors (Lipinski definition) is 1. The first kappa shape index (κ1) is 15.0. The van der Waals surface area contributed by atoms with E-state index in [1.165, 1.54) is 12.8 Å². The molecule has 0 aromatic carbocycles. The maximum atomic E-state index is 11.9. The fraction of sp³-hybridized carbons (Fsp3) is 0.800. The van der Waals surface area contributed by atoms with Gasteiger partial charge in [-0.15, -0.1) is 0 Å². The quantitative estimate of drug-likeness (QED) is 0.900. The summed E-state index contributed by atoms with van der Waals surface area (Å²) in [5, 5.41) is 7.02. The third-order valence-corrected chi connectivity index (χ3v) is 3.87. The number of amides is 1. The lowest BCUT2D eigenvalue weighted by Crippen LogP contribution is -2.38. The van der Waals surface area contributed by atoms with Crippen LogP contribution in [-0.2, 0) is 11.2 Å². The summed E-state index contributed by atoms with van der Waals surface area (Å²) in [4.78, 5) is 16.2. The van der Waals surface area contributed by atoms with E-state index >= 15 is 0 Å². The smallest absolute Gasteiger partial charge is 0.227 e. The predicted octanol–water partition coefficient (Wildman–Crippen LogP) is 2.82. The van der Waals surface area contributed by atoms with Gasteiger partial charge >= 0.3 is 0 Å². The van der Waals surface area contributed by atoms with Crippen LogP contribution in [0.15, 0.2) is 4.52 Å². The van der Waals surface area contributed by atoms with Crippen LogP contribution in [0.1, 0.15) is 70.5 Å². The Balaban J connectivity index is 1.74. The van der Waals surface area contributed by atoms with Crippen LogP contribution in [0.2, 0.25) is 0 Å². The van der Waals surface area contributed by atoms with Crippen molar-refractivity contribution in [2.45, 2.75) is 71.3 Å². The largest absolute Gasteiger partial charge is 0.353 e. The predicted molar refractivity (Wildman–Crippen MR) is 76.3 cm³/mol. The van der Waals surface area contributed by atoms with Crippen molar-refractivity contribution >= 4 is 5.91 Å². The highest BCUT2D eigenvalue weighted by Gasteiger charge is 2.20. The molecule has 0 aliphatic heterocycles. The molecule has 1 saturated carbocycles. The molecule has 1 N–H and O–H groups in total. The summed E-state index contributed by atoms with van der Waals surface area (Å²) in [6, 6.07) is 0.347. The average Bonchev–Trinajstić information content (AvgIpc) is 2.85. The molecule has 112 valence electrons. The van der Waals surface area contributed by atoms with E-state index in [0.29, 0.717) is 30.6 Å². The molecule has 1 fully saturated rings. The van der Waals surface area contributed by atoms with Crippen LogP contribution in [0.25, 0.3) is 0 Å². The van der Waals surface area contributed by atoms with E-state index in [-0.39, 0.29) is 11.8 Å². The van der Waals surface area contributed by atoms with Crippen LogP contribution >= 0.6 is 0 Å². The molecule has 2 atom stereocenters. The molecule has 1 amide bonds. The van der Waals surface area contributed by atoms with Crippen molar-refractivity contribution in [3.05, 3.63) is 11.7 Å². The molecule has 0 radical (unpaired) electrons. The molecule has 1 aliphatic carbocycles. The van der Waals surface area contributed by atoms with Gasteiger partial charge in [0.1, 0.15) is 0 Å². The van der Waals surface area contributed by atoms with E-state index in [4.69, 9.17) is 4.52 Å². The highest BCUT2D eigenvalue weighted by atomic mass is 16.5. The Bertz CT molecular complexity index is 442. The van der Waals surface area contributed by atoms with E-state index in [9.17, 15) is 4.79 Å². The molecule has 2 unspecified atom stereocenters. The highest BCUT2D eigenvalue weighted by Crippen LogP contribution is 2.23. The maximum Gasteiger partial charge on any atom is 0.227 e. The minimum atomic E-state index is 0.0911. The molecule has 1 aromatic heterocycles. The summed E-state index contributed by atoms with van der Waals surface area (Å²) < 4.78 is 5.14. The van der Waals surface area contributed by atoms with Crippen molar-refractivity contribution in [3.8, 4) is 0 Å². The number of rotatable bonds is 5. The summed E-state index contributed by atoms with van der Waals surface area (Å²) in [6.45, 7) is 6.29. The summed E-state index contributed by atoms with van der Waals surface area (Å²) in [5.74, 6) is 2.33. The van der Waals surface area contributed by atoms with Gasteiger partial charge in [-0.2, -0.15) is 4.98 Å². The SMILES string of the molecule is CC1CCCC(NC(=O)CCc2nc(C(C)C)no2)C1. The molecule has 1 aliphatic rings. The van der Waals surface area contributed by atoms with E-state index in [1.807, 2.05) is 13.8 Å². The molecule has 2 rings (SSSR count). The lowest BCUT2D eigenvalue weighted by Gasteiger charge is -2.27. The minimum Gasteiger partial charge on any atom is -0.353 e. The summed E-state index contributed by atoms with van der Waals surface area (Å²) in [5.41, 5.74) is 0. The van der Waals surface area contributed by atoms with E-state index in [0.717, 1.165) is 18.8 Å². The Hall–Kier alpha value is -1.39. The van der Waals surface area contributed by atoms with Crippen LogP contribution in [0.3, 0.4) is 0 Å². The molecule has 5 heteroatoms. The molecule has 20 heavy (non-hydrogen) atoms. The van der Waals surface area contributed by atoms with Gasteiger partial charge in [0.2, 0.25) is 11.8 Å². The second-order valence-electron chi connectivity index (χ2n) is 6.24. The zero-order valence-corrected chi connectivity index (χ0v) is 12.7. The van der Waals surface area contributed by atoms with E-state index in [1.54, 1.807) is 0 Å². The van der Waals surface area contributed by atoms with Gasteiger partial charge in [0.05, 0.1) is 0 Å². The van der Waals surface area contributed by atoms with Crippen LogP contribution in [0, 0.1) is 5.92 Å². The van der Waals surface area contributed by atoms with Gasteiger partial charge in [-0.05, 0) is 18.8 Å². The van der Waals surface area contributed by atoms with E-state index in [2.05, 4.69) is 22.4 Å². The zero-order valence-electron chi connectivity index (χ0n) is 12.7. The topological polar surface area (TPSA) is 68.0 Å². The molecule has 0 spiro atoms. The molecular weight excluding hydrogens is 254 g/mol. The lowest BCUT2D eigenvalue weighted by molar-refractivity contribution is -0.122. The van der Waals surface area contributed by atoms with Crippen molar-refractivity contribution in [2.75, 3.05) is 0 Å². The van der Waals surface area contributed by atoms with Crippen LogP contribution in [-0.4, -0.2) is 22.1 Å². The molecule has 5 nitrogen and oxygen atoms in total. The molecule has 0 bridgehead atoms. The number of nitrogens with zero attached hydrogens (tertiary/aromatic N) is 2. The Morgan fingerprint density at radius 2 is 2.25 bits per heavy atom. The van der Waals surface area contributed by atoms with Gasteiger partial charge in [0, 0.05) is 24.8 Å². The summed E-state index contributed by atoms with van der Waals surface area (Å²) >= 11 is 0. The first-order valence-corrected chi connectivity index (χ1v) is 7.66. The highest BCUT2D eigenvalue weighted by molar-refractivity contribution is 5.76. The Kier molecular flexibility index (Phi) is 5.15. The lowest BCUT2D eigenvalue weighted by atomic mass is 9.87. The van der Waals surface area contributed by atoms with Gasteiger partial charge in [-0.25, -0.2) is 0 Å². The Morgan fingerprint density at radius 1 is 1.45 bits per heavy atom. The van der Waals surface area contributed by atoms with Gasteiger partial charge in [0.15, 0.2) is 5.82 Å². The Labute approximate surface area is 120 Å². The number of aryl methyl sites for hydroxylation is 1. The van der Waals surface area contributed by atoms with Crippen molar-refractivity contribution in [3.63, 3.8) is 0 Å². The first-order chi connectivity index (χ1) is 9.54. The van der Waals surface area contributed by atoms with Gasteiger partial charge < -0.3 is 9.84 Å². The van der Waals surface area contributed by atoms with Crippen LogP contribution < -0.4 is 5.32 Å². The average molecular weight is 279 g/mol. The van der Waals surface area contributed by atoms with Crippen molar-refractivity contribution in [1.82, 2.24) is 15.5 Å². The first-order valence-electron chi connectivity index (χ1n) is 7.66. The van der Waals surface area contributed by atoms with E-state index < -0.39 is 0 Å². The number of hydrogen-bond acceptors (Lipinski definition) is 4. The second kappa shape index (κ2) is 6.86. The fourth-order valence-electron chi connectivity index (χ4n) is 2.69. The monoisotopic (exact) mass is 279 g/mol. The van der Waals surface area contributed by atoms with Crippen LogP contribution in [0.4, 0.5) is 0 Å². The maximum absolute atomic E-state index is 11.9. The second-order valence-corrected chi connectivity index (χ2v) is 6.24. The third-order valence-electron chi connectivity index (χ3n) is 3.87. The third kappa shape index (κ3) is 4.32. The van der Waals surface area contributed by atoms with Crippen molar-refractivity contribution in [2.24, 2.45) is 5.92 Å². The normalized spacial score (nSPS) is 23.0. The summed E-state index contributed by atoms with van der Waals surface area (Å²) in [6.07, 6.45) is 5.65. The van der Waals surface area contributed by atoms with Crippen molar-refractivity contribution in [1.29, 1.82) is 0 Å². The zero-order chi connectivity index (χ0) is 14.5. The number of nitrogens with one attached hydrogen (secondary N) is 1. The van der Waals surface area contributed by atoms with Gasteiger partial charge in [-0.1, -0.05) is 38.8 Å². The Morgan fingerprint density at radius 3 is 2.90 bits per heavy atom.